The Labute approximate surface area is 145 Å². The van der Waals surface area contributed by atoms with E-state index in [1.807, 2.05) is 22.6 Å². The van der Waals surface area contributed by atoms with Gasteiger partial charge in [0, 0.05) is 17.6 Å². The van der Waals surface area contributed by atoms with Crippen LogP contribution in [-0.2, 0) is 0 Å². The van der Waals surface area contributed by atoms with Crippen molar-refractivity contribution in [1.29, 1.82) is 0 Å². The molecule has 23 heavy (non-hydrogen) atoms. The van der Waals surface area contributed by atoms with Crippen LogP contribution in [0.25, 0.3) is 10.9 Å². The minimum absolute atomic E-state index is 0.438. The van der Waals surface area contributed by atoms with Crippen LogP contribution < -0.4 is 14.2 Å². The summed E-state index contributed by atoms with van der Waals surface area (Å²) in [5.74, 6) is 1.65. The average molecular weight is 426 g/mol. The maximum Gasteiger partial charge on any atom is 0.214 e. The Morgan fingerprint density at radius 3 is 2.39 bits per heavy atom. The minimum atomic E-state index is -0.548. The number of methoxy groups -OCH3 is 2. The van der Waals surface area contributed by atoms with Crippen molar-refractivity contribution in [2.75, 3.05) is 14.2 Å². The summed E-state index contributed by atoms with van der Waals surface area (Å²) >= 11 is 1.93. The molecule has 2 aromatic heterocycles. The zero-order valence-electron chi connectivity index (χ0n) is 12.3. The molecular weight excluding hydrogens is 414 g/mol. The molecule has 0 aliphatic carbocycles. The van der Waals surface area contributed by atoms with E-state index >= 15 is 0 Å². The topological polar surface area (TPSA) is 53.5 Å². The summed E-state index contributed by atoms with van der Waals surface area (Å²) in [5.41, 5.74) is 0.699. The van der Waals surface area contributed by atoms with Gasteiger partial charge in [-0.2, -0.15) is 4.39 Å². The number of aromatic nitrogens is 2. The zero-order chi connectivity index (χ0) is 16.4. The van der Waals surface area contributed by atoms with E-state index in [1.54, 1.807) is 38.6 Å². The number of benzene rings is 1. The number of pyridine rings is 2. The Bertz CT molecular complexity index is 873. The van der Waals surface area contributed by atoms with Gasteiger partial charge in [-0.05, 0) is 46.9 Å². The molecule has 0 aliphatic heterocycles. The van der Waals surface area contributed by atoms with Gasteiger partial charge in [0.25, 0.3) is 0 Å². The normalized spacial score (nSPS) is 10.6. The van der Waals surface area contributed by atoms with Crippen molar-refractivity contribution in [3.05, 3.63) is 46.2 Å². The van der Waals surface area contributed by atoms with Crippen LogP contribution >= 0.6 is 22.6 Å². The molecule has 0 saturated carbocycles. The van der Waals surface area contributed by atoms with Crippen molar-refractivity contribution in [3.8, 4) is 23.0 Å². The molecule has 0 spiro atoms. The van der Waals surface area contributed by atoms with Crippen molar-refractivity contribution in [2.45, 2.75) is 0 Å². The first-order valence-corrected chi connectivity index (χ1v) is 7.71. The van der Waals surface area contributed by atoms with Gasteiger partial charge in [-0.25, -0.2) is 4.98 Å². The van der Waals surface area contributed by atoms with Gasteiger partial charge in [-0.3, -0.25) is 4.98 Å². The van der Waals surface area contributed by atoms with Crippen LogP contribution in [0, 0.1) is 9.65 Å². The number of nitrogens with zero attached hydrogens (tertiary/aromatic N) is 2. The molecule has 1 aromatic carbocycles. The van der Waals surface area contributed by atoms with Crippen molar-refractivity contribution in [3.63, 3.8) is 0 Å². The van der Waals surface area contributed by atoms with E-state index in [9.17, 15) is 4.39 Å². The first kappa shape index (κ1) is 15.7. The highest BCUT2D eigenvalue weighted by atomic mass is 127. The standard InChI is InChI=1S/C16H12FIN2O3/c1-21-13-7-9-10(8-14(13)22-2)19-6-5-11(9)23-12-3-4-15(17)20-16(12)18/h3-8H,1-2H3. The molecule has 0 aliphatic rings. The summed E-state index contributed by atoms with van der Waals surface area (Å²) in [5, 5.41) is 0.755. The molecule has 0 amide bonds. The molecule has 0 saturated heterocycles. The lowest BCUT2D eigenvalue weighted by Crippen LogP contribution is -1.95. The molecule has 0 bridgehead atoms. The van der Waals surface area contributed by atoms with Crippen molar-refractivity contribution >= 4 is 33.5 Å². The van der Waals surface area contributed by atoms with E-state index in [0.717, 1.165) is 5.39 Å². The Kier molecular flexibility index (Phi) is 4.46. The largest absolute Gasteiger partial charge is 0.493 e. The summed E-state index contributed by atoms with van der Waals surface area (Å²) < 4.78 is 30.0. The summed E-state index contributed by atoms with van der Waals surface area (Å²) in [4.78, 5) is 8.06. The van der Waals surface area contributed by atoms with Crippen molar-refractivity contribution in [1.82, 2.24) is 9.97 Å². The molecule has 0 fully saturated rings. The molecule has 0 N–H and O–H groups in total. The number of ether oxygens (including phenoxy) is 3. The fourth-order valence-corrected chi connectivity index (χ4v) is 2.65. The zero-order valence-corrected chi connectivity index (χ0v) is 14.5. The van der Waals surface area contributed by atoms with E-state index in [1.165, 1.54) is 12.1 Å². The van der Waals surface area contributed by atoms with Crippen LogP contribution in [0.4, 0.5) is 4.39 Å². The molecule has 0 radical (unpaired) electrons. The first-order valence-electron chi connectivity index (χ1n) is 6.63. The molecular formula is C16H12FIN2O3. The Balaban J connectivity index is 2.10. The predicted molar refractivity (Wildman–Crippen MR) is 91.8 cm³/mol. The van der Waals surface area contributed by atoms with Gasteiger partial charge in [-0.15, -0.1) is 0 Å². The molecule has 3 aromatic rings. The van der Waals surface area contributed by atoms with E-state index in [4.69, 9.17) is 14.2 Å². The predicted octanol–water partition coefficient (Wildman–Crippen LogP) is 4.18. The van der Waals surface area contributed by atoms with Gasteiger partial charge in [0.2, 0.25) is 5.95 Å². The van der Waals surface area contributed by atoms with Crippen LogP contribution in [0.1, 0.15) is 0 Å². The lowest BCUT2D eigenvalue weighted by molar-refractivity contribution is 0.355. The third-order valence-corrected chi connectivity index (χ3v) is 3.98. The van der Waals surface area contributed by atoms with Gasteiger partial charge >= 0.3 is 0 Å². The fourth-order valence-electron chi connectivity index (χ4n) is 2.13. The van der Waals surface area contributed by atoms with E-state index in [0.29, 0.717) is 32.2 Å². The number of hydrogen-bond donors (Lipinski definition) is 0. The highest BCUT2D eigenvalue weighted by Gasteiger charge is 2.13. The second-order valence-electron chi connectivity index (χ2n) is 4.56. The molecule has 2 heterocycles. The van der Waals surface area contributed by atoms with E-state index < -0.39 is 5.95 Å². The monoisotopic (exact) mass is 426 g/mol. The van der Waals surface area contributed by atoms with Crippen LogP contribution in [-0.4, -0.2) is 24.2 Å². The summed E-state index contributed by atoms with van der Waals surface area (Å²) in [6, 6.07) is 8.09. The smallest absolute Gasteiger partial charge is 0.214 e. The maximum absolute atomic E-state index is 13.1. The first-order chi connectivity index (χ1) is 11.1. The second-order valence-corrected chi connectivity index (χ2v) is 5.58. The maximum atomic E-state index is 13.1. The number of hydrogen-bond acceptors (Lipinski definition) is 5. The van der Waals surface area contributed by atoms with Crippen LogP contribution in [0.15, 0.2) is 36.5 Å². The summed E-state index contributed by atoms with van der Waals surface area (Å²) in [6.45, 7) is 0. The molecule has 0 unspecified atom stereocenters. The minimum Gasteiger partial charge on any atom is -0.493 e. The Morgan fingerprint density at radius 1 is 0.957 bits per heavy atom. The number of rotatable bonds is 4. The number of fused-ring (bicyclic) bond motifs is 1. The van der Waals surface area contributed by atoms with Crippen LogP contribution in [0.5, 0.6) is 23.0 Å². The van der Waals surface area contributed by atoms with Crippen molar-refractivity contribution in [2.24, 2.45) is 0 Å². The quantitative estimate of drug-likeness (QED) is 0.463. The Hall–Kier alpha value is -2.16. The van der Waals surface area contributed by atoms with Crippen LogP contribution in [0.2, 0.25) is 0 Å². The van der Waals surface area contributed by atoms with Gasteiger partial charge in [0.15, 0.2) is 17.2 Å². The summed E-state index contributed by atoms with van der Waals surface area (Å²) in [7, 11) is 3.13. The van der Waals surface area contributed by atoms with Gasteiger partial charge < -0.3 is 14.2 Å². The molecule has 118 valence electrons. The molecule has 0 atom stereocenters. The molecule has 3 rings (SSSR count). The summed E-state index contributed by atoms with van der Waals surface area (Å²) in [6.07, 6.45) is 1.63. The van der Waals surface area contributed by atoms with Crippen LogP contribution in [0.3, 0.4) is 0 Å². The van der Waals surface area contributed by atoms with Crippen molar-refractivity contribution < 1.29 is 18.6 Å². The van der Waals surface area contributed by atoms with Gasteiger partial charge in [0.1, 0.15) is 9.45 Å². The lowest BCUT2D eigenvalue weighted by Gasteiger charge is -2.12. The van der Waals surface area contributed by atoms with E-state index in [-0.39, 0.29) is 0 Å². The van der Waals surface area contributed by atoms with E-state index in [2.05, 4.69) is 9.97 Å². The van der Waals surface area contributed by atoms with Gasteiger partial charge in [-0.1, -0.05) is 0 Å². The third-order valence-electron chi connectivity index (χ3n) is 3.21. The fraction of sp³-hybridized carbons (Fsp3) is 0.125. The average Bonchev–Trinajstić information content (AvgIpc) is 2.56. The molecule has 7 heteroatoms. The Morgan fingerprint density at radius 2 is 1.70 bits per heavy atom. The molecule has 5 nitrogen and oxygen atoms in total. The highest BCUT2D eigenvalue weighted by molar-refractivity contribution is 14.1. The number of halogens is 2. The van der Waals surface area contributed by atoms with Gasteiger partial charge in [0.05, 0.1) is 19.7 Å². The SMILES string of the molecule is COc1cc2nccc(Oc3ccc(F)nc3I)c2cc1OC. The lowest BCUT2D eigenvalue weighted by atomic mass is 10.2. The second kappa shape index (κ2) is 6.53. The highest BCUT2D eigenvalue weighted by Crippen LogP contribution is 2.37. The third kappa shape index (κ3) is 3.14.